The Morgan fingerprint density at radius 1 is 0.821 bits per heavy atom. The van der Waals surface area contributed by atoms with Gasteiger partial charge in [-0.2, -0.15) is 0 Å². The highest BCUT2D eigenvalue weighted by Crippen LogP contribution is 2.14. The Hall–Kier alpha value is -3.58. The van der Waals surface area contributed by atoms with Crippen LogP contribution in [0.2, 0.25) is 0 Å². The van der Waals surface area contributed by atoms with Crippen molar-refractivity contribution in [3.05, 3.63) is 89.9 Å². The highest BCUT2D eigenvalue weighted by atomic mass is 16.5. The number of carboxylic acids is 2. The molecule has 0 saturated heterocycles. The van der Waals surface area contributed by atoms with Gasteiger partial charge in [0, 0.05) is 6.54 Å². The van der Waals surface area contributed by atoms with Gasteiger partial charge in [-0.15, -0.1) is 0 Å². The molecule has 7 heteroatoms. The molecule has 28 heavy (non-hydrogen) atoms. The van der Waals surface area contributed by atoms with E-state index in [0.717, 1.165) is 24.6 Å². The van der Waals surface area contributed by atoms with Crippen LogP contribution in [-0.4, -0.2) is 22.2 Å². The second kappa shape index (κ2) is 11.2. The maximum Gasteiger partial charge on any atom is 0.414 e. The van der Waals surface area contributed by atoms with Crippen LogP contribution in [0.1, 0.15) is 16.9 Å². The van der Waals surface area contributed by atoms with E-state index in [1.165, 1.54) is 11.1 Å². The first kappa shape index (κ1) is 20.7. The number of benzene rings is 2. The zero-order valence-electron chi connectivity index (χ0n) is 15.1. The van der Waals surface area contributed by atoms with Crippen molar-refractivity contribution in [2.24, 2.45) is 0 Å². The molecule has 0 radical (unpaired) electrons. The smallest absolute Gasteiger partial charge is 0.414 e. The second-order valence-corrected chi connectivity index (χ2v) is 5.71. The van der Waals surface area contributed by atoms with Crippen LogP contribution in [0.4, 0.5) is 0 Å². The fraction of sp³-hybridized carbons (Fsp3) is 0.143. The van der Waals surface area contributed by atoms with Crippen LogP contribution in [0.15, 0.2) is 77.4 Å². The van der Waals surface area contributed by atoms with Crippen LogP contribution < -0.4 is 10.1 Å². The van der Waals surface area contributed by atoms with Gasteiger partial charge in [0.1, 0.15) is 18.1 Å². The van der Waals surface area contributed by atoms with Crippen LogP contribution >= 0.6 is 0 Å². The summed E-state index contributed by atoms with van der Waals surface area (Å²) in [6.07, 6.45) is 1.69. The molecule has 0 aliphatic carbocycles. The number of furan rings is 1. The summed E-state index contributed by atoms with van der Waals surface area (Å²) >= 11 is 0. The van der Waals surface area contributed by atoms with Crippen LogP contribution in [-0.2, 0) is 29.3 Å². The third kappa shape index (κ3) is 7.76. The normalized spacial score (nSPS) is 9.86. The van der Waals surface area contributed by atoms with Gasteiger partial charge in [0.25, 0.3) is 0 Å². The summed E-state index contributed by atoms with van der Waals surface area (Å²) in [6.45, 7) is 2.13. The molecule has 146 valence electrons. The molecule has 0 unspecified atom stereocenters. The molecule has 2 aromatic carbocycles. The highest BCUT2D eigenvalue weighted by molar-refractivity contribution is 6.27. The fourth-order valence-corrected chi connectivity index (χ4v) is 2.19. The lowest BCUT2D eigenvalue weighted by atomic mass is 10.2. The molecule has 3 N–H and O–H groups in total. The van der Waals surface area contributed by atoms with Gasteiger partial charge in [0.05, 0.1) is 12.8 Å². The standard InChI is InChI=1S/C19H19NO2.C2H2O4/c1-2-5-17(6-3-1)15-22-18-10-8-16(9-11-18)13-20-14-19-7-4-12-21-19;3-1(4)2(5)6/h1-12,20H,13-15H2;(H,3,4)(H,5,6). The van der Waals surface area contributed by atoms with E-state index in [9.17, 15) is 0 Å². The minimum atomic E-state index is -1.82. The van der Waals surface area contributed by atoms with Gasteiger partial charge in [-0.25, -0.2) is 9.59 Å². The monoisotopic (exact) mass is 383 g/mol. The van der Waals surface area contributed by atoms with Gasteiger partial charge in [0.15, 0.2) is 0 Å². The lowest BCUT2D eigenvalue weighted by Gasteiger charge is -2.08. The van der Waals surface area contributed by atoms with Gasteiger partial charge in [-0.1, -0.05) is 42.5 Å². The largest absolute Gasteiger partial charge is 0.489 e. The summed E-state index contributed by atoms with van der Waals surface area (Å²) in [5.74, 6) is -1.81. The van der Waals surface area contributed by atoms with Crippen molar-refractivity contribution in [3.8, 4) is 5.75 Å². The van der Waals surface area contributed by atoms with Gasteiger partial charge < -0.3 is 24.7 Å². The number of nitrogens with one attached hydrogen (secondary N) is 1. The van der Waals surface area contributed by atoms with Crippen LogP contribution in [0.25, 0.3) is 0 Å². The van der Waals surface area contributed by atoms with Crippen molar-refractivity contribution in [2.75, 3.05) is 0 Å². The van der Waals surface area contributed by atoms with E-state index >= 15 is 0 Å². The third-order valence-corrected chi connectivity index (χ3v) is 3.56. The topological polar surface area (TPSA) is 109 Å². The molecule has 3 rings (SSSR count). The molecule has 0 fully saturated rings. The Morgan fingerprint density at radius 3 is 2.07 bits per heavy atom. The van der Waals surface area contributed by atoms with E-state index in [4.69, 9.17) is 29.0 Å². The van der Waals surface area contributed by atoms with Crippen LogP contribution in [0.3, 0.4) is 0 Å². The third-order valence-electron chi connectivity index (χ3n) is 3.56. The van der Waals surface area contributed by atoms with E-state index < -0.39 is 11.9 Å². The van der Waals surface area contributed by atoms with Crippen molar-refractivity contribution in [3.63, 3.8) is 0 Å². The predicted octanol–water partition coefficient (Wildman–Crippen LogP) is 3.30. The molecule has 0 saturated carbocycles. The fourth-order valence-electron chi connectivity index (χ4n) is 2.19. The zero-order valence-corrected chi connectivity index (χ0v) is 15.1. The summed E-state index contributed by atoms with van der Waals surface area (Å²) in [5.41, 5.74) is 2.39. The number of carboxylic acid groups (broad SMARTS) is 2. The molecule has 7 nitrogen and oxygen atoms in total. The molecule has 3 aromatic rings. The first-order valence-electron chi connectivity index (χ1n) is 8.49. The van der Waals surface area contributed by atoms with Gasteiger partial charge in [-0.3, -0.25) is 0 Å². The molecule has 0 aliphatic heterocycles. The van der Waals surface area contributed by atoms with E-state index in [-0.39, 0.29) is 0 Å². The molecule has 0 aliphatic rings. The van der Waals surface area contributed by atoms with E-state index in [2.05, 4.69) is 29.6 Å². The molecule has 1 aromatic heterocycles. The summed E-state index contributed by atoms with van der Waals surface area (Å²) in [6, 6.07) is 22.2. The maximum atomic E-state index is 9.10. The number of hydrogen-bond donors (Lipinski definition) is 3. The molecular formula is C21H21NO6. The second-order valence-electron chi connectivity index (χ2n) is 5.71. The number of rotatable bonds is 7. The van der Waals surface area contributed by atoms with Crippen molar-refractivity contribution < 1.29 is 29.0 Å². The summed E-state index contributed by atoms with van der Waals surface area (Å²) in [4.78, 5) is 18.2. The molecular weight excluding hydrogens is 362 g/mol. The molecule has 0 spiro atoms. The minimum absolute atomic E-state index is 0.594. The van der Waals surface area contributed by atoms with Crippen molar-refractivity contribution in [1.82, 2.24) is 5.32 Å². The van der Waals surface area contributed by atoms with Crippen molar-refractivity contribution in [1.29, 1.82) is 0 Å². The van der Waals surface area contributed by atoms with Gasteiger partial charge in [0.2, 0.25) is 0 Å². The lowest BCUT2D eigenvalue weighted by molar-refractivity contribution is -0.159. The van der Waals surface area contributed by atoms with Crippen molar-refractivity contribution in [2.45, 2.75) is 19.7 Å². The molecule has 0 amide bonds. The van der Waals surface area contributed by atoms with E-state index in [1.807, 2.05) is 42.5 Å². The number of carbonyl (C=O) groups is 2. The minimum Gasteiger partial charge on any atom is -0.489 e. The van der Waals surface area contributed by atoms with Crippen LogP contribution in [0.5, 0.6) is 5.75 Å². The maximum absolute atomic E-state index is 9.10. The van der Waals surface area contributed by atoms with Crippen molar-refractivity contribution >= 4 is 11.9 Å². The van der Waals surface area contributed by atoms with Gasteiger partial charge >= 0.3 is 11.9 Å². The Bertz CT molecular complexity index is 832. The van der Waals surface area contributed by atoms with Gasteiger partial charge in [-0.05, 0) is 35.4 Å². The average molecular weight is 383 g/mol. The van der Waals surface area contributed by atoms with E-state index in [1.54, 1.807) is 6.26 Å². The summed E-state index contributed by atoms with van der Waals surface area (Å²) in [7, 11) is 0. The predicted molar refractivity (Wildman–Crippen MR) is 102 cm³/mol. The summed E-state index contributed by atoms with van der Waals surface area (Å²) in [5, 5.41) is 18.1. The Balaban J connectivity index is 0.000000409. The average Bonchev–Trinajstić information content (AvgIpc) is 3.22. The Morgan fingerprint density at radius 2 is 1.50 bits per heavy atom. The quantitative estimate of drug-likeness (QED) is 0.537. The summed E-state index contributed by atoms with van der Waals surface area (Å²) < 4.78 is 11.1. The Kier molecular flexibility index (Phi) is 8.29. The first-order valence-corrected chi connectivity index (χ1v) is 8.49. The molecule has 1 heterocycles. The highest BCUT2D eigenvalue weighted by Gasteiger charge is 2.04. The van der Waals surface area contributed by atoms with E-state index in [0.29, 0.717) is 6.61 Å². The van der Waals surface area contributed by atoms with Crippen LogP contribution in [0, 0.1) is 0 Å². The first-order chi connectivity index (χ1) is 13.5. The molecule has 0 bridgehead atoms. The number of hydrogen-bond acceptors (Lipinski definition) is 5. The SMILES string of the molecule is O=C(O)C(=O)O.c1ccc(COc2ccc(CNCc3ccco3)cc2)cc1. The lowest BCUT2D eigenvalue weighted by Crippen LogP contribution is -2.11. The molecule has 0 atom stereocenters. The number of aliphatic carboxylic acids is 2. The number of ether oxygens (including phenoxy) is 1. The zero-order chi connectivity index (χ0) is 20.2. The Labute approximate surface area is 162 Å².